The second-order valence-electron chi connectivity index (χ2n) is 9.37. The second-order valence-corrected chi connectivity index (χ2v) is 9.37. The van der Waals surface area contributed by atoms with Gasteiger partial charge in [0.15, 0.2) is 0 Å². The standard InChI is InChI=1S/C29H24F6N2O2/c1-27(2,17-3-7-19(8-4-17)38-21-11-13-23(25(36)15-21)28(30,31)32)18-5-9-20(10-6-18)39-22-12-14-24(26(37)16-22)29(33,34)35/h3-16H,36-37H2,1-2H3. The van der Waals surface area contributed by atoms with Gasteiger partial charge in [0.1, 0.15) is 23.0 Å². The molecule has 0 atom stereocenters. The number of halogens is 6. The van der Waals surface area contributed by atoms with Crippen molar-refractivity contribution in [2.75, 3.05) is 11.5 Å². The largest absolute Gasteiger partial charge is 0.457 e. The topological polar surface area (TPSA) is 70.5 Å². The van der Waals surface area contributed by atoms with Crippen LogP contribution < -0.4 is 20.9 Å². The Morgan fingerprint density at radius 1 is 0.487 bits per heavy atom. The molecule has 0 fully saturated rings. The number of ether oxygens (including phenoxy) is 2. The lowest BCUT2D eigenvalue weighted by Gasteiger charge is -2.26. The van der Waals surface area contributed by atoms with E-state index in [0.717, 1.165) is 35.4 Å². The lowest BCUT2D eigenvalue weighted by atomic mass is 9.78. The molecule has 0 bridgehead atoms. The quantitative estimate of drug-likeness (QED) is 0.187. The molecule has 0 aliphatic heterocycles. The Morgan fingerprint density at radius 3 is 1.08 bits per heavy atom. The summed E-state index contributed by atoms with van der Waals surface area (Å²) in [6, 6.07) is 20.6. The van der Waals surface area contributed by atoms with E-state index in [4.69, 9.17) is 20.9 Å². The molecule has 0 aliphatic carbocycles. The van der Waals surface area contributed by atoms with Crippen LogP contribution in [-0.2, 0) is 17.8 Å². The minimum absolute atomic E-state index is 0.179. The molecule has 0 unspecified atom stereocenters. The van der Waals surface area contributed by atoms with E-state index >= 15 is 0 Å². The van der Waals surface area contributed by atoms with Crippen LogP contribution in [0, 0.1) is 0 Å². The van der Waals surface area contributed by atoms with Crippen molar-refractivity contribution in [3.05, 3.63) is 107 Å². The molecule has 4 nitrogen and oxygen atoms in total. The predicted molar refractivity (Wildman–Crippen MR) is 137 cm³/mol. The molecule has 0 aliphatic rings. The smallest absolute Gasteiger partial charge is 0.418 e. The van der Waals surface area contributed by atoms with Crippen molar-refractivity contribution in [2.45, 2.75) is 31.6 Å². The number of hydrogen-bond donors (Lipinski definition) is 2. The zero-order valence-corrected chi connectivity index (χ0v) is 20.8. The highest BCUT2D eigenvalue weighted by Gasteiger charge is 2.34. The van der Waals surface area contributed by atoms with Crippen LogP contribution in [0.25, 0.3) is 0 Å². The molecule has 0 saturated heterocycles. The van der Waals surface area contributed by atoms with Gasteiger partial charge in [0.05, 0.1) is 11.1 Å². The first-order chi connectivity index (χ1) is 18.1. The van der Waals surface area contributed by atoms with Gasteiger partial charge in [-0.2, -0.15) is 26.3 Å². The number of anilines is 2. The third-order valence-corrected chi connectivity index (χ3v) is 6.28. The Hall–Kier alpha value is -4.34. The summed E-state index contributed by atoms with van der Waals surface area (Å²) in [4.78, 5) is 0. The molecule has 4 rings (SSSR count). The molecule has 4 N–H and O–H groups in total. The van der Waals surface area contributed by atoms with E-state index in [1.807, 2.05) is 38.1 Å². The fourth-order valence-corrected chi connectivity index (χ4v) is 4.04. The van der Waals surface area contributed by atoms with E-state index in [0.29, 0.717) is 11.5 Å². The third-order valence-electron chi connectivity index (χ3n) is 6.28. The van der Waals surface area contributed by atoms with Gasteiger partial charge < -0.3 is 20.9 Å². The summed E-state index contributed by atoms with van der Waals surface area (Å²) < 4.78 is 88.9. The second kappa shape index (κ2) is 10.1. The number of nitrogens with two attached hydrogens (primary N) is 2. The fraction of sp³-hybridized carbons (Fsp3) is 0.172. The molecule has 0 saturated carbocycles. The van der Waals surface area contributed by atoms with Crippen molar-refractivity contribution in [1.29, 1.82) is 0 Å². The average Bonchev–Trinajstić information content (AvgIpc) is 2.83. The van der Waals surface area contributed by atoms with E-state index in [1.54, 1.807) is 24.3 Å². The molecule has 0 heterocycles. The molecular formula is C29H24F6N2O2. The summed E-state index contributed by atoms with van der Waals surface area (Å²) in [6.45, 7) is 4.01. The van der Waals surface area contributed by atoms with Crippen LogP contribution >= 0.6 is 0 Å². The number of hydrogen-bond acceptors (Lipinski definition) is 4. The molecule has 4 aromatic carbocycles. The van der Waals surface area contributed by atoms with Gasteiger partial charge in [-0.3, -0.25) is 0 Å². The summed E-state index contributed by atoms with van der Waals surface area (Å²) in [5.74, 6) is 1.21. The maximum atomic E-state index is 12.9. The first-order valence-corrected chi connectivity index (χ1v) is 11.6. The van der Waals surface area contributed by atoms with Crippen LogP contribution in [0.2, 0.25) is 0 Å². The summed E-state index contributed by atoms with van der Waals surface area (Å²) in [5.41, 5.74) is 9.79. The molecule has 4 aromatic rings. The van der Waals surface area contributed by atoms with Crippen molar-refractivity contribution in [1.82, 2.24) is 0 Å². The van der Waals surface area contributed by atoms with Crippen molar-refractivity contribution >= 4 is 11.4 Å². The fourth-order valence-electron chi connectivity index (χ4n) is 4.04. The maximum absolute atomic E-state index is 12.9. The van der Waals surface area contributed by atoms with Gasteiger partial charge >= 0.3 is 12.4 Å². The Balaban J connectivity index is 1.45. The van der Waals surface area contributed by atoms with Crippen LogP contribution in [0.1, 0.15) is 36.1 Å². The minimum atomic E-state index is -4.55. The highest BCUT2D eigenvalue weighted by Crippen LogP contribution is 2.39. The molecule has 204 valence electrons. The molecule has 0 amide bonds. The monoisotopic (exact) mass is 546 g/mol. The van der Waals surface area contributed by atoms with Gasteiger partial charge in [-0.05, 0) is 59.7 Å². The number of nitrogen functional groups attached to an aromatic ring is 2. The Kier molecular flexibility index (Phi) is 7.16. The highest BCUT2D eigenvalue weighted by molar-refractivity contribution is 5.55. The Bertz CT molecular complexity index is 1350. The Labute approximate surface area is 220 Å². The third kappa shape index (κ3) is 6.22. The molecular weight excluding hydrogens is 522 g/mol. The summed E-state index contributed by atoms with van der Waals surface area (Å²) in [5, 5.41) is 0. The zero-order valence-electron chi connectivity index (χ0n) is 20.8. The van der Waals surface area contributed by atoms with Gasteiger partial charge in [0.2, 0.25) is 0 Å². The number of alkyl halides is 6. The number of benzene rings is 4. The van der Waals surface area contributed by atoms with E-state index in [2.05, 4.69) is 0 Å². The van der Waals surface area contributed by atoms with E-state index < -0.39 is 40.3 Å². The summed E-state index contributed by atoms with van der Waals surface area (Å²) >= 11 is 0. The first kappa shape index (κ1) is 27.7. The minimum Gasteiger partial charge on any atom is -0.457 e. The van der Waals surface area contributed by atoms with Gasteiger partial charge in [-0.25, -0.2) is 0 Å². The van der Waals surface area contributed by atoms with Crippen molar-refractivity contribution in [2.24, 2.45) is 0 Å². The van der Waals surface area contributed by atoms with Crippen molar-refractivity contribution in [3.8, 4) is 23.0 Å². The summed E-state index contributed by atoms with van der Waals surface area (Å²) in [6.07, 6.45) is -9.09. The SMILES string of the molecule is CC(C)(c1ccc(Oc2ccc(C(F)(F)F)c(N)c2)cc1)c1ccc(Oc2ccc(C(F)(F)F)c(N)c2)cc1. The normalized spacial score (nSPS) is 12.3. The highest BCUT2D eigenvalue weighted by atomic mass is 19.4. The lowest BCUT2D eigenvalue weighted by Crippen LogP contribution is -2.18. The van der Waals surface area contributed by atoms with Crippen molar-refractivity contribution < 1.29 is 35.8 Å². The van der Waals surface area contributed by atoms with Gasteiger partial charge in [0.25, 0.3) is 0 Å². The van der Waals surface area contributed by atoms with E-state index in [9.17, 15) is 26.3 Å². The van der Waals surface area contributed by atoms with Crippen molar-refractivity contribution in [3.63, 3.8) is 0 Å². The molecule has 0 spiro atoms. The molecule has 39 heavy (non-hydrogen) atoms. The van der Waals surface area contributed by atoms with Gasteiger partial charge in [0, 0.05) is 28.9 Å². The number of rotatable bonds is 6. The first-order valence-electron chi connectivity index (χ1n) is 11.6. The zero-order chi connectivity index (χ0) is 28.6. The molecule has 0 aromatic heterocycles. The van der Waals surface area contributed by atoms with Crippen LogP contribution in [0.15, 0.2) is 84.9 Å². The lowest BCUT2D eigenvalue weighted by molar-refractivity contribution is -0.137. The van der Waals surface area contributed by atoms with Crippen LogP contribution in [0.4, 0.5) is 37.7 Å². The van der Waals surface area contributed by atoms with Crippen LogP contribution in [0.3, 0.4) is 0 Å². The van der Waals surface area contributed by atoms with Crippen LogP contribution in [0.5, 0.6) is 23.0 Å². The van der Waals surface area contributed by atoms with Crippen LogP contribution in [-0.4, -0.2) is 0 Å². The molecule has 0 radical (unpaired) electrons. The van der Waals surface area contributed by atoms with E-state index in [1.165, 1.54) is 12.1 Å². The van der Waals surface area contributed by atoms with E-state index in [-0.39, 0.29) is 11.5 Å². The average molecular weight is 547 g/mol. The maximum Gasteiger partial charge on any atom is 0.418 e. The Morgan fingerprint density at radius 2 is 0.795 bits per heavy atom. The van der Waals surface area contributed by atoms with Gasteiger partial charge in [-0.15, -0.1) is 0 Å². The summed E-state index contributed by atoms with van der Waals surface area (Å²) in [7, 11) is 0. The van der Waals surface area contributed by atoms with Gasteiger partial charge in [-0.1, -0.05) is 38.1 Å². The predicted octanol–water partition coefficient (Wildman–Crippen LogP) is 8.80. The molecule has 10 heteroatoms.